The number of fused-ring (bicyclic) bond motifs is 1. The zero-order chi connectivity index (χ0) is 12.3. The van der Waals surface area contributed by atoms with Gasteiger partial charge in [0.2, 0.25) is 0 Å². The molecule has 0 aliphatic rings. The van der Waals surface area contributed by atoms with Crippen molar-refractivity contribution in [1.29, 1.82) is 0 Å². The predicted octanol–water partition coefficient (Wildman–Crippen LogP) is 4.32. The minimum atomic E-state index is 0.185. The molecule has 2 rings (SSSR count). The van der Waals surface area contributed by atoms with E-state index in [0.29, 0.717) is 5.02 Å². The third-order valence-corrected chi connectivity index (χ3v) is 3.02. The molecule has 0 spiro atoms. The Labute approximate surface area is 111 Å². The molecule has 0 saturated heterocycles. The van der Waals surface area contributed by atoms with Crippen molar-refractivity contribution >= 4 is 39.8 Å². The molecule has 90 valence electrons. The molecule has 1 atom stereocenters. The molecule has 1 N–H and O–H groups in total. The first-order valence-corrected chi connectivity index (χ1v) is 6.40. The van der Waals surface area contributed by atoms with Gasteiger partial charge in [0, 0.05) is 34.2 Å². The van der Waals surface area contributed by atoms with Gasteiger partial charge in [0.1, 0.15) is 0 Å². The lowest BCUT2D eigenvalue weighted by molar-refractivity contribution is 0.843. The molecule has 1 unspecified atom stereocenters. The van der Waals surface area contributed by atoms with Crippen molar-refractivity contribution in [2.75, 3.05) is 11.9 Å². The summed E-state index contributed by atoms with van der Waals surface area (Å²) in [5.74, 6) is 0. The van der Waals surface area contributed by atoms with Crippen molar-refractivity contribution in [3.63, 3.8) is 0 Å². The average Bonchev–Trinajstić information content (AvgIpc) is 2.28. The fourth-order valence-electron chi connectivity index (χ4n) is 1.68. The zero-order valence-corrected chi connectivity index (χ0v) is 11.1. The van der Waals surface area contributed by atoms with Gasteiger partial charge < -0.3 is 5.32 Å². The highest BCUT2D eigenvalue weighted by molar-refractivity contribution is 6.31. The Kier molecular flexibility index (Phi) is 4.08. The van der Waals surface area contributed by atoms with Gasteiger partial charge in [0.05, 0.1) is 5.52 Å². The third-order valence-electron chi connectivity index (χ3n) is 2.56. The van der Waals surface area contributed by atoms with Gasteiger partial charge in [0.15, 0.2) is 0 Å². The van der Waals surface area contributed by atoms with E-state index >= 15 is 0 Å². The number of nitrogens with zero attached hydrogens (tertiary/aromatic N) is 1. The number of anilines is 1. The number of pyridine rings is 1. The monoisotopic (exact) mass is 268 g/mol. The fourth-order valence-corrected chi connectivity index (χ4v) is 1.96. The van der Waals surface area contributed by atoms with Crippen LogP contribution in [0.25, 0.3) is 10.9 Å². The van der Waals surface area contributed by atoms with Crippen molar-refractivity contribution in [2.24, 2.45) is 0 Å². The highest BCUT2D eigenvalue weighted by atomic mass is 35.5. The standard InChI is InChI=1S/C13H14Cl2N2/c1-9(14)4-6-16-12-5-7-17-13-8-10(15)2-3-11(12)13/h2-3,5,7-9H,4,6H2,1H3,(H,16,17). The first-order valence-electron chi connectivity index (χ1n) is 5.59. The molecule has 2 nitrogen and oxygen atoms in total. The number of hydrogen-bond acceptors (Lipinski definition) is 2. The van der Waals surface area contributed by atoms with E-state index < -0.39 is 0 Å². The highest BCUT2D eigenvalue weighted by Crippen LogP contribution is 2.24. The normalized spacial score (nSPS) is 12.6. The molecule has 0 aliphatic carbocycles. The van der Waals surface area contributed by atoms with Crippen LogP contribution in [0.5, 0.6) is 0 Å². The maximum absolute atomic E-state index is 5.94. The number of rotatable bonds is 4. The molecule has 0 bridgehead atoms. The Morgan fingerprint density at radius 1 is 1.35 bits per heavy atom. The molecule has 0 saturated carbocycles. The third kappa shape index (κ3) is 3.24. The molecule has 1 aromatic heterocycles. The molecule has 1 heterocycles. The molecule has 0 fully saturated rings. The summed E-state index contributed by atoms with van der Waals surface area (Å²) >= 11 is 11.9. The van der Waals surface area contributed by atoms with Crippen LogP contribution in [0.4, 0.5) is 5.69 Å². The summed E-state index contributed by atoms with van der Waals surface area (Å²) in [6.07, 6.45) is 2.71. The van der Waals surface area contributed by atoms with Gasteiger partial charge in [-0.3, -0.25) is 4.98 Å². The molecule has 1 aromatic carbocycles. The van der Waals surface area contributed by atoms with E-state index in [-0.39, 0.29) is 5.38 Å². The summed E-state index contributed by atoms with van der Waals surface area (Å²) in [5.41, 5.74) is 1.98. The Bertz CT molecular complexity index is 512. The van der Waals surface area contributed by atoms with E-state index in [4.69, 9.17) is 23.2 Å². The van der Waals surface area contributed by atoms with Crippen molar-refractivity contribution < 1.29 is 0 Å². The molecule has 0 radical (unpaired) electrons. The van der Waals surface area contributed by atoms with Crippen LogP contribution in [0.1, 0.15) is 13.3 Å². The Morgan fingerprint density at radius 3 is 2.94 bits per heavy atom. The van der Waals surface area contributed by atoms with Crippen LogP contribution in [0.15, 0.2) is 30.5 Å². The van der Waals surface area contributed by atoms with E-state index in [1.54, 1.807) is 6.20 Å². The number of benzene rings is 1. The maximum atomic E-state index is 5.94. The van der Waals surface area contributed by atoms with E-state index in [9.17, 15) is 0 Å². The summed E-state index contributed by atoms with van der Waals surface area (Å²) in [6.45, 7) is 2.85. The van der Waals surface area contributed by atoms with Crippen LogP contribution in [-0.4, -0.2) is 16.9 Å². The SMILES string of the molecule is CC(Cl)CCNc1ccnc2cc(Cl)ccc12. The fraction of sp³-hybridized carbons (Fsp3) is 0.308. The summed E-state index contributed by atoms with van der Waals surface area (Å²) in [5, 5.41) is 5.34. The average molecular weight is 269 g/mol. The Morgan fingerprint density at radius 2 is 2.18 bits per heavy atom. The number of aromatic nitrogens is 1. The molecular formula is C13H14Cl2N2. The van der Waals surface area contributed by atoms with Gasteiger partial charge in [0.25, 0.3) is 0 Å². The van der Waals surface area contributed by atoms with Crippen molar-refractivity contribution in [2.45, 2.75) is 18.7 Å². The highest BCUT2D eigenvalue weighted by Gasteiger charge is 2.02. The Hall–Kier alpha value is -0.990. The van der Waals surface area contributed by atoms with Gasteiger partial charge in [-0.1, -0.05) is 11.6 Å². The lowest BCUT2D eigenvalue weighted by Gasteiger charge is -2.10. The first kappa shape index (κ1) is 12.5. The molecule has 17 heavy (non-hydrogen) atoms. The van der Waals surface area contributed by atoms with Crippen LogP contribution in [0.2, 0.25) is 5.02 Å². The summed E-state index contributed by atoms with van der Waals surface area (Å²) in [7, 11) is 0. The van der Waals surface area contributed by atoms with Gasteiger partial charge in [-0.2, -0.15) is 0 Å². The van der Waals surface area contributed by atoms with Crippen LogP contribution in [0, 0.1) is 0 Å². The van der Waals surface area contributed by atoms with Crippen LogP contribution >= 0.6 is 23.2 Å². The topological polar surface area (TPSA) is 24.9 Å². The number of alkyl halides is 1. The van der Waals surface area contributed by atoms with Gasteiger partial charge in [-0.15, -0.1) is 11.6 Å². The first-order chi connectivity index (χ1) is 8.16. The summed E-state index contributed by atoms with van der Waals surface area (Å²) in [4.78, 5) is 4.30. The van der Waals surface area contributed by atoms with Crippen molar-refractivity contribution in [3.05, 3.63) is 35.5 Å². The summed E-state index contributed by atoms with van der Waals surface area (Å²) < 4.78 is 0. The second kappa shape index (κ2) is 5.56. The quantitative estimate of drug-likeness (QED) is 0.836. The second-order valence-electron chi connectivity index (χ2n) is 4.02. The molecule has 4 heteroatoms. The molecule has 0 amide bonds. The smallest absolute Gasteiger partial charge is 0.0737 e. The Balaban J connectivity index is 2.22. The van der Waals surface area contributed by atoms with Crippen molar-refractivity contribution in [1.82, 2.24) is 4.98 Å². The lowest BCUT2D eigenvalue weighted by atomic mass is 10.2. The molecule has 0 aliphatic heterocycles. The minimum Gasteiger partial charge on any atom is -0.384 e. The number of halogens is 2. The largest absolute Gasteiger partial charge is 0.384 e. The van der Waals surface area contributed by atoms with Crippen LogP contribution < -0.4 is 5.32 Å². The van der Waals surface area contributed by atoms with Crippen molar-refractivity contribution in [3.8, 4) is 0 Å². The predicted molar refractivity (Wildman–Crippen MR) is 75.2 cm³/mol. The van der Waals surface area contributed by atoms with E-state index in [1.807, 2.05) is 31.2 Å². The molecular weight excluding hydrogens is 255 g/mol. The summed E-state index contributed by atoms with van der Waals surface area (Å²) in [6, 6.07) is 7.69. The van der Waals surface area contributed by atoms with Crippen LogP contribution in [0.3, 0.4) is 0 Å². The van der Waals surface area contributed by atoms with E-state index in [0.717, 1.165) is 29.6 Å². The van der Waals surface area contributed by atoms with E-state index in [2.05, 4.69) is 10.3 Å². The second-order valence-corrected chi connectivity index (χ2v) is 5.20. The van der Waals surface area contributed by atoms with Crippen LogP contribution in [-0.2, 0) is 0 Å². The zero-order valence-electron chi connectivity index (χ0n) is 9.58. The number of nitrogens with one attached hydrogen (secondary N) is 1. The van der Waals surface area contributed by atoms with Gasteiger partial charge in [-0.25, -0.2) is 0 Å². The van der Waals surface area contributed by atoms with E-state index in [1.165, 1.54) is 0 Å². The van der Waals surface area contributed by atoms with Gasteiger partial charge >= 0.3 is 0 Å². The van der Waals surface area contributed by atoms with Gasteiger partial charge in [-0.05, 0) is 37.6 Å². The number of hydrogen-bond donors (Lipinski definition) is 1. The lowest BCUT2D eigenvalue weighted by Crippen LogP contribution is -2.06. The minimum absolute atomic E-state index is 0.185. The maximum Gasteiger partial charge on any atom is 0.0737 e. The molecule has 2 aromatic rings.